The second-order valence-corrected chi connectivity index (χ2v) is 3.91. The molecular formula is C9H9O2Po. The summed E-state index contributed by atoms with van der Waals surface area (Å²) in [7, 11) is 0. The number of rotatable bonds is 2. The van der Waals surface area contributed by atoms with Gasteiger partial charge in [0, 0.05) is 0 Å². The van der Waals surface area contributed by atoms with Crippen LogP contribution in [0.5, 0.6) is 0 Å². The van der Waals surface area contributed by atoms with Crippen molar-refractivity contribution in [2.75, 3.05) is 0 Å². The van der Waals surface area contributed by atoms with Crippen molar-refractivity contribution in [3.05, 3.63) is 39.1 Å². The summed E-state index contributed by atoms with van der Waals surface area (Å²) >= 11 is 1.21. The molecule has 0 unspecified atom stereocenters. The Hall–Kier alpha value is -0.514. The Morgan fingerprint density at radius 2 is 1.83 bits per heavy atom. The molecule has 1 radical (unpaired) electrons. The molecule has 3 heteroatoms. The van der Waals surface area contributed by atoms with Gasteiger partial charge in [-0.3, -0.25) is 0 Å². The van der Waals surface area contributed by atoms with E-state index in [2.05, 4.69) is 0 Å². The first-order chi connectivity index (χ1) is 5.33. The molecule has 0 spiro atoms. The third-order valence-corrected chi connectivity index (χ3v) is 2.06. The van der Waals surface area contributed by atoms with E-state index in [1.54, 1.807) is 0 Å². The van der Waals surface area contributed by atoms with Crippen LogP contribution in [-0.2, 0) is 4.79 Å². The van der Waals surface area contributed by atoms with Crippen molar-refractivity contribution in [1.29, 1.82) is 0 Å². The molecule has 2 N–H and O–H groups in total. The Morgan fingerprint density at radius 3 is 2.33 bits per heavy atom. The third kappa shape index (κ3) is 3.76. The van der Waals surface area contributed by atoms with Crippen molar-refractivity contribution in [2.24, 2.45) is 0 Å². The molecule has 0 aliphatic carbocycles. The zero-order chi connectivity index (χ0) is 8.10. The minimum atomic E-state index is 0. The topological polar surface area (TPSA) is 48.6 Å². The molecule has 1 rings (SSSR count). The summed E-state index contributed by atoms with van der Waals surface area (Å²) in [4.78, 5) is 10.3. The van der Waals surface area contributed by atoms with Crippen molar-refractivity contribution < 1.29 is 10.3 Å². The second kappa shape index (κ2) is 6.05. The number of hydrogen-bond acceptors (Lipinski definition) is 1. The van der Waals surface area contributed by atoms with E-state index < -0.39 is 0 Å². The van der Waals surface area contributed by atoms with E-state index in [1.165, 1.54) is 25.1 Å². The van der Waals surface area contributed by atoms with Crippen LogP contribution in [0.1, 0.15) is 5.56 Å². The van der Waals surface area contributed by atoms with E-state index in [9.17, 15) is 4.79 Å². The molecule has 0 atom stereocenters. The molecule has 12 heavy (non-hydrogen) atoms. The number of carbonyl (C=O) groups excluding carboxylic acids is 1. The van der Waals surface area contributed by atoms with Crippen LogP contribution >= 0.6 is 0 Å². The van der Waals surface area contributed by atoms with E-state index >= 15 is 0 Å². The SMILES string of the molecule is O.O=C[C]([Po])=Cc1ccccc1. The fraction of sp³-hybridized carbons (Fsp3) is 0. The quantitative estimate of drug-likeness (QED) is 0.563. The summed E-state index contributed by atoms with van der Waals surface area (Å²) in [5.74, 6) is 0. The van der Waals surface area contributed by atoms with E-state index in [0.29, 0.717) is 0 Å². The van der Waals surface area contributed by atoms with Crippen molar-refractivity contribution in [1.82, 2.24) is 0 Å². The van der Waals surface area contributed by atoms with Crippen molar-refractivity contribution in [3.8, 4) is 0 Å². The molecule has 0 saturated carbocycles. The van der Waals surface area contributed by atoms with Crippen LogP contribution in [0.4, 0.5) is 0 Å². The summed E-state index contributed by atoms with van der Waals surface area (Å²) in [6, 6.07) is 9.83. The first-order valence-corrected chi connectivity index (χ1v) is 4.80. The Morgan fingerprint density at radius 1 is 1.25 bits per heavy atom. The molecule has 0 bridgehead atoms. The normalized spacial score (nSPS) is 10.2. The van der Waals surface area contributed by atoms with Gasteiger partial charge >= 0.3 is 81.3 Å². The monoisotopic (exact) mass is 358 g/mol. The van der Waals surface area contributed by atoms with E-state index in [4.69, 9.17) is 0 Å². The Kier molecular flexibility index (Phi) is 5.79. The van der Waals surface area contributed by atoms with Crippen LogP contribution < -0.4 is 0 Å². The summed E-state index contributed by atoms with van der Waals surface area (Å²) < 4.78 is 0.830. The van der Waals surface area contributed by atoms with Crippen molar-refractivity contribution in [3.63, 3.8) is 0 Å². The van der Waals surface area contributed by atoms with Gasteiger partial charge in [0.2, 0.25) is 0 Å². The fourth-order valence-electron chi connectivity index (χ4n) is 0.748. The maximum atomic E-state index is 10.3. The van der Waals surface area contributed by atoms with Gasteiger partial charge in [0.1, 0.15) is 0 Å². The third-order valence-electron chi connectivity index (χ3n) is 1.22. The predicted molar refractivity (Wildman–Crippen MR) is 49.9 cm³/mol. The summed E-state index contributed by atoms with van der Waals surface area (Å²) in [5, 5.41) is 0. The van der Waals surface area contributed by atoms with E-state index in [0.717, 1.165) is 15.1 Å². The molecule has 0 amide bonds. The molecule has 0 aliphatic rings. The molecule has 0 fully saturated rings. The van der Waals surface area contributed by atoms with Crippen molar-refractivity contribution >= 4 is 37.4 Å². The summed E-state index contributed by atoms with van der Waals surface area (Å²) in [6.07, 6.45) is 2.78. The predicted octanol–water partition coefficient (Wildman–Crippen LogP) is 0.570. The number of hydrogen-bond donors (Lipinski definition) is 0. The Balaban J connectivity index is 0.00000121. The van der Waals surface area contributed by atoms with Crippen LogP contribution in [-0.4, -0.2) is 36.8 Å². The van der Waals surface area contributed by atoms with Crippen LogP contribution in [0.3, 0.4) is 0 Å². The summed E-state index contributed by atoms with van der Waals surface area (Å²) in [6.45, 7) is 0. The first kappa shape index (κ1) is 11.5. The van der Waals surface area contributed by atoms with Gasteiger partial charge in [-0.05, 0) is 0 Å². The van der Waals surface area contributed by atoms with Crippen molar-refractivity contribution in [2.45, 2.75) is 0 Å². The van der Waals surface area contributed by atoms with Gasteiger partial charge in [-0.1, -0.05) is 0 Å². The fourth-order valence-corrected chi connectivity index (χ4v) is 1.28. The number of carbonyl (C=O) groups is 1. The standard InChI is InChI=1S/C9H7O.H2O.Po/c10-8-4-7-9-5-2-1-3-6-9;;/h1-3,5-8H;1H2;. The molecular weight excluding hydrogens is 349 g/mol. The molecule has 0 saturated heterocycles. The first-order valence-electron chi connectivity index (χ1n) is 3.22. The molecule has 1 aromatic rings. The maximum absolute atomic E-state index is 10.3. The van der Waals surface area contributed by atoms with E-state index in [1.807, 2.05) is 36.4 Å². The number of benzene rings is 1. The molecule has 0 aromatic heterocycles. The molecule has 63 valence electrons. The molecule has 1 aromatic carbocycles. The van der Waals surface area contributed by atoms with Gasteiger partial charge in [-0.2, -0.15) is 0 Å². The second-order valence-electron chi connectivity index (χ2n) is 2.08. The Bertz CT molecular complexity index is 267. The molecule has 2 nitrogen and oxygen atoms in total. The molecule has 0 aliphatic heterocycles. The molecule has 0 heterocycles. The van der Waals surface area contributed by atoms with Crippen LogP contribution in [0.25, 0.3) is 6.08 Å². The van der Waals surface area contributed by atoms with Gasteiger partial charge in [0.25, 0.3) is 0 Å². The minimum absolute atomic E-state index is 0. The Labute approximate surface area is 86.7 Å². The van der Waals surface area contributed by atoms with Crippen LogP contribution in [0.15, 0.2) is 33.6 Å². The average Bonchev–Trinajstić information content (AvgIpc) is 2.06. The number of aldehydes is 1. The number of allylic oxidation sites excluding steroid dienone is 1. The van der Waals surface area contributed by atoms with Gasteiger partial charge in [0.05, 0.1) is 0 Å². The van der Waals surface area contributed by atoms with Gasteiger partial charge in [-0.25, -0.2) is 0 Å². The van der Waals surface area contributed by atoms with Gasteiger partial charge in [0.15, 0.2) is 0 Å². The van der Waals surface area contributed by atoms with E-state index in [-0.39, 0.29) is 5.48 Å². The average molecular weight is 358 g/mol. The van der Waals surface area contributed by atoms with Crippen LogP contribution in [0.2, 0.25) is 0 Å². The zero-order valence-electron chi connectivity index (χ0n) is 6.36. The summed E-state index contributed by atoms with van der Waals surface area (Å²) in [5.41, 5.74) is 1.09. The van der Waals surface area contributed by atoms with Gasteiger partial charge in [-0.15, -0.1) is 0 Å². The van der Waals surface area contributed by atoms with Gasteiger partial charge < -0.3 is 5.48 Å². The van der Waals surface area contributed by atoms with Crippen LogP contribution in [0, 0.1) is 0 Å². The zero-order valence-corrected chi connectivity index (χ0v) is 9.53.